The lowest BCUT2D eigenvalue weighted by molar-refractivity contribution is 0.102. The summed E-state index contributed by atoms with van der Waals surface area (Å²) in [5, 5.41) is 2.73. The number of amides is 1. The van der Waals surface area contributed by atoms with Gasteiger partial charge in [-0.15, -0.1) is 0 Å². The maximum Gasteiger partial charge on any atom is 0.255 e. The largest absolute Gasteiger partial charge is 0.322 e. The van der Waals surface area contributed by atoms with Crippen molar-refractivity contribution in [2.24, 2.45) is 0 Å². The minimum absolute atomic E-state index is 0.129. The van der Waals surface area contributed by atoms with Gasteiger partial charge in [0.25, 0.3) is 5.91 Å². The second-order valence-electron chi connectivity index (χ2n) is 6.34. The van der Waals surface area contributed by atoms with Crippen LogP contribution in [0.3, 0.4) is 0 Å². The van der Waals surface area contributed by atoms with Gasteiger partial charge in [0.1, 0.15) is 0 Å². The molecule has 0 bridgehead atoms. The zero-order valence-electron chi connectivity index (χ0n) is 16.1. The van der Waals surface area contributed by atoms with Crippen molar-refractivity contribution in [1.29, 1.82) is 0 Å². The molecule has 0 unspecified atom stereocenters. The topological polar surface area (TPSA) is 75.3 Å². The number of sulfonamides is 1. The Hall–Kier alpha value is -3.40. The van der Waals surface area contributed by atoms with Gasteiger partial charge in [0.15, 0.2) is 0 Å². The van der Waals surface area contributed by atoms with Crippen LogP contribution >= 0.6 is 0 Å². The molecule has 0 fully saturated rings. The molecule has 146 valence electrons. The minimum Gasteiger partial charge on any atom is -0.322 e. The van der Waals surface area contributed by atoms with E-state index in [0.717, 1.165) is 11.1 Å². The Labute approximate surface area is 170 Å². The van der Waals surface area contributed by atoms with Gasteiger partial charge in [-0.25, -0.2) is 13.1 Å². The maximum absolute atomic E-state index is 12.5. The third-order valence-corrected chi connectivity index (χ3v) is 5.83. The van der Waals surface area contributed by atoms with E-state index < -0.39 is 10.0 Å². The number of aryl methyl sites for hydroxylation is 1. The van der Waals surface area contributed by atoms with Crippen LogP contribution < -0.4 is 10.0 Å². The summed E-state index contributed by atoms with van der Waals surface area (Å²) in [5.41, 5.74) is 3.17. The second-order valence-corrected chi connectivity index (χ2v) is 8.19. The van der Waals surface area contributed by atoms with E-state index in [2.05, 4.69) is 21.9 Å². The highest BCUT2D eigenvalue weighted by atomic mass is 32.2. The molecule has 0 aliphatic rings. The zero-order chi connectivity index (χ0) is 20.9. The molecule has 0 radical (unpaired) electrons. The molecule has 0 saturated heterocycles. The summed E-state index contributed by atoms with van der Waals surface area (Å²) in [7, 11) is -2.25. The van der Waals surface area contributed by atoms with Crippen molar-refractivity contribution in [1.82, 2.24) is 4.72 Å². The van der Waals surface area contributed by atoms with Gasteiger partial charge in [-0.2, -0.15) is 0 Å². The van der Waals surface area contributed by atoms with Crippen LogP contribution in [0.1, 0.15) is 27.0 Å². The predicted molar refractivity (Wildman–Crippen MR) is 114 cm³/mol. The predicted octanol–water partition coefficient (Wildman–Crippen LogP) is 3.56. The Balaban J connectivity index is 1.75. The molecule has 1 amide bonds. The number of hydrogen-bond donors (Lipinski definition) is 2. The molecule has 3 aromatic rings. The smallest absolute Gasteiger partial charge is 0.255 e. The molecule has 6 heteroatoms. The molecule has 0 aliphatic carbocycles. The van der Waals surface area contributed by atoms with Crippen LogP contribution in [0.2, 0.25) is 0 Å². The van der Waals surface area contributed by atoms with Crippen LogP contribution in [0.25, 0.3) is 0 Å². The number of nitrogens with one attached hydrogen (secondary N) is 2. The average molecular weight is 404 g/mol. The number of carbonyl (C=O) groups excluding carboxylic acids is 1. The van der Waals surface area contributed by atoms with Gasteiger partial charge in [-0.3, -0.25) is 4.79 Å². The maximum atomic E-state index is 12.5. The second kappa shape index (κ2) is 8.74. The first-order chi connectivity index (χ1) is 13.9. The summed E-state index contributed by atoms with van der Waals surface area (Å²) in [6, 6.07) is 21.3. The molecular weight excluding hydrogens is 384 g/mol. The van der Waals surface area contributed by atoms with Gasteiger partial charge >= 0.3 is 0 Å². The molecule has 0 saturated carbocycles. The van der Waals surface area contributed by atoms with E-state index >= 15 is 0 Å². The van der Waals surface area contributed by atoms with Crippen molar-refractivity contribution in [2.45, 2.75) is 11.8 Å². The number of benzene rings is 3. The first kappa shape index (κ1) is 20.3. The summed E-state index contributed by atoms with van der Waals surface area (Å²) in [4.78, 5) is 12.6. The molecule has 0 heterocycles. The highest BCUT2D eigenvalue weighted by Gasteiger charge is 2.16. The third-order valence-electron chi connectivity index (χ3n) is 4.28. The summed E-state index contributed by atoms with van der Waals surface area (Å²) in [6.07, 6.45) is 0. The Morgan fingerprint density at radius 1 is 0.862 bits per heavy atom. The van der Waals surface area contributed by atoms with Crippen LogP contribution in [0, 0.1) is 18.8 Å². The van der Waals surface area contributed by atoms with Gasteiger partial charge in [-0.1, -0.05) is 36.1 Å². The summed E-state index contributed by atoms with van der Waals surface area (Å²) >= 11 is 0. The fourth-order valence-corrected chi connectivity index (χ4v) is 3.65. The van der Waals surface area contributed by atoms with Gasteiger partial charge in [-0.05, 0) is 68.1 Å². The molecule has 0 atom stereocenters. The minimum atomic E-state index is -3.60. The molecule has 2 N–H and O–H groups in total. The average Bonchev–Trinajstić information content (AvgIpc) is 2.74. The van der Waals surface area contributed by atoms with Crippen LogP contribution in [0.4, 0.5) is 5.69 Å². The number of hydrogen-bond acceptors (Lipinski definition) is 3. The first-order valence-electron chi connectivity index (χ1n) is 8.92. The molecule has 3 rings (SSSR count). The molecule has 29 heavy (non-hydrogen) atoms. The van der Waals surface area contributed by atoms with Crippen molar-refractivity contribution >= 4 is 21.6 Å². The van der Waals surface area contributed by atoms with E-state index in [9.17, 15) is 13.2 Å². The van der Waals surface area contributed by atoms with E-state index in [1.54, 1.807) is 43.3 Å². The van der Waals surface area contributed by atoms with Gasteiger partial charge in [0.05, 0.1) is 4.90 Å². The van der Waals surface area contributed by atoms with Crippen LogP contribution in [-0.2, 0) is 10.0 Å². The lowest BCUT2D eigenvalue weighted by Gasteiger charge is -2.10. The Morgan fingerprint density at radius 2 is 1.48 bits per heavy atom. The van der Waals surface area contributed by atoms with Crippen molar-refractivity contribution in [3.05, 3.63) is 95.1 Å². The van der Waals surface area contributed by atoms with E-state index in [0.29, 0.717) is 16.8 Å². The summed E-state index contributed by atoms with van der Waals surface area (Å²) < 4.78 is 26.5. The van der Waals surface area contributed by atoms with E-state index in [1.165, 1.54) is 13.1 Å². The van der Waals surface area contributed by atoms with Crippen molar-refractivity contribution < 1.29 is 13.2 Å². The van der Waals surface area contributed by atoms with Crippen molar-refractivity contribution in [2.75, 3.05) is 12.4 Å². The normalized spacial score (nSPS) is 10.7. The molecule has 0 aliphatic heterocycles. The van der Waals surface area contributed by atoms with E-state index in [1.807, 2.05) is 30.3 Å². The summed E-state index contributed by atoms with van der Waals surface area (Å²) in [5.74, 6) is 5.80. The zero-order valence-corrected chi connectivity index (χ0v) is 16.9. The Bertz CT molecular complexity index is 1190. The highest BCUT2D eigenvalue weighted by molar-refractivity contribution is 7.89. The van der Waals surface area contributed by atoms with E-state index in [4.69, 9.17) is 0 Å². The lowest BCUT2D eigenvalue weighted by Crippen LogP contribution is -2.20. The summed E-state index contributed by atoms with van der Waals surface area (Å²) in [6.45, 7) is 1.70. The molecule has 0 spiro atoms. The number of anilines is 1. The number of rotatable bonds is 4. The highest BCUT2D eigenvalue weighted by Crippen LogP contribution is 2.20. The first-order valence-corrected chi connectivity index (χ1v) is 10.4. The van der Waals surface area contributed by atoms with Gasteiger partial charge < -0.3 is 5.32 Å². The van der Waals surface area contributed by atoms with Gasteiger partial charge in [0, 0.05) is 22.4 Å². The Morgan fingerprint density at radius 3 is 2.10 bits per heavy atom. The van der Waals surface area contributed by atoms with Crippen molar-refractivity contribution in [3.63, 3.8) is 0 Å². The van der Waals surface area contributed by atoms with Crippen LogP contribution in [-0.4, -0.2) is 21.4 Å². The fourth-order valence-electron chi connectivity index (χ4n) is 2.65. The molecule has 3 aromatic carbocycles. The number of carbonyl (C=O) groups is 1. The lowest BCUT2D eigenvalue weighted by atomic mass is 10.1. The molecular formula is C23H20N2O3S. The third kappa shape index (κ3) is 5.11. The van der Waals surface area contributed by atoms with Crippen molar-refractivity contribution in [3.8, 4) is 11.8 Å². The molecule has 5 nitrogen and oxygen atoms in total. The fraction of sp³-hybridized carbons (Fsp3) is 0.0870. The van der Waals surface area contributed by atoms with Crippen LogP contribution in [0.15, 0.2) is 77.7 Å². The standard InChI is InChI=1S/C23H20N2O3S/c1-17-8-15-21(16-22(17)29(27,28)24-2)25-23(26)20-13-11-19(12-14-20)10-9-18-6-4-3-5-7-18/h3-8,11-16,24H,1-2H3,(H,25,26). The molecule has 0 aromatic heterocycles. The quantitative estimate of drug-likeness (QED) is 0.653. The van der Waals surface area contributed by atoms with Gasteiger partial charge in [0.2, 0.25) is 10.0 Å². The SMILES string of the molecule is CNS(=O)(=O)c1cc(NC(=O)c2ccc(C#Cc3ccccc3)cc2)ccc1C. The van der Waals surface area contributed by atoms with Crippen LogP contribution in [0.5, 0.6) is 0 Å². The Kier molecular flexibility index (Phi) is 6.13. The van der Waals surface area contributed by atoms with E-state index in [-0.39, 0.29) is 10.8 Å². The monoisotopic (exact) mass is 404 g/mol.